The van der Waals surface area contributed by atoms with E-state index in [2.05, 4.69) is 15.9 Å². The largest absolute Gasteiger partial charge is 0.491 e. The Labute approximate surface area is 103 Å². The number of amides is 1. The third kappa shape index (κ3) is 3.83. The third-order valence-corrected chi connectivity index (χ3v) is 2.44. The molecule has 16 heavy (non-hydrogen) atoms. The van der Waals surface area contributed by atoms with Crippen LogP contribution in [0, 0.1) is 0 Å². The fourth-order valence-electron chi connectivity index (χ4n) is 1.03. The van der Waals surface area contributed by atoms with Gasteiger partial charge < -0.3 is 16.2 Å². The Kier molecular flexibility index (Phi) is 3.93. The molecule has 0 atom stereocenters. The molecule has 4 nitrogen and oxygen atoms in total. The zero-order valence-electron chi connectivity index (χ0n) is 9.29. The fourth-order valence-corrected chi connectivity index (χ4v) is 1.53. The molecule has 0 spiro atoms. The third-order valence-electron chi connectivity index (χ3n) is 1.82. The van der Waals surface area contributed by atoms with Crippen LogP contribution in [0.3, 0.4) is 0 Å². The number of hydrogen-bond acceptors (Lipinski definition) is 3. The van der Waals surface area contributed by atoms with E-state index in [1.807, 2.05) is 13.8 Å². The van der Waals surface area contributed by atoms with Crippen LogP contribution >= 0.6 is 15.9 Å². The average Bonchev–Trinajstić information content (AvgIpc) is 2.14. The lowest BCUT2D eigenvalue weighted by molar-refractivity contribution is 0.1000. The maximum atomic E-state index is 10.9. The van der Waals surface area contributed by atoms with Gasteiger partial charge in [0.05, 0.1) is 4.47 Å². The van der Waals surface area contributed by atoms with Gasteiger partial charge in [0.15, 0.2) is 0 Å². The van der Waals surface area contributed by atoms with Crippen LogP contribution in [-0.2, 0) is 0 Å². The molecule has 0 aliphatic carbocycles. The van der Waals surface area contributed by atoms with E-state index >= 15 is 0 Å². The molecule has 0 aliphatic heterocycles. The maximum Gasteiger partial charge on any atom is 0.248 e. The highest BCUT2D eigenvalue weighted by Crippen LogP contribution is 2.26. The second-order valence-electron chi connectivity index (χ2n) is 4.29. The summed E-state index contributed by atoms with van der Waals surface area (Å²) >= 11 is 3.31. The van der Waals surface area contributed by atoms with Crippen LogP contribution in [0.25, 0.3) is 0 Å². The zero-order valence-corrected chi connectivity index (χ0v) is 10.9. The van der Waals surface area contributed by atoms with Crippen LogP contribution < -0.4 is 16.2 Å². The summed E-state index contributed by atoms with van der Waals surface area (Å²) in [5.74, 6) is 0.176. The van der Waals surface area contributed by atoms with E-state index in [9.17, 15) is 4.79 Å². The van der Waals surface area contributed by atoms with Crippen molar-refractivity contribution in [2.45, 2.75) is 19.4 Å². The summed E-state index contributed by atoms with van der Waals surface area (Å²) in [5, 5.41) is 0. The molecule has 0 fully saturated rings. The van der Waals surface area contributed by atoms with Crippen molar-refractivity contribution in [3.05, 3.63) is 28.2 Å². The number of ether oxygens (including phenoxy) is 1. The molecule has 0 unspecified atom stereocenters. The molecule has 0 heterocycles. The van der Waals surface area contributed by atoms with Crippen LogP contribution in [-0.4, -0.2) is 18.1 Å². The number of benzene rings is 1. The molecule has 1 aromatic carbocycles. The van der Waals surface area contributed by atoms with Gasteiger partial charge in [-0.25, -0.2) is 0 Å². The predicted octanol–water partition coefficient (Wildman–Crippen LogP) is 1.66. The van der Waals surface area contributed by atoms with E-state index in [4.69, 9.17) is 16.2 Å². The van der Waals surface area contributed by atoms with Gasteiger partial charge in [-0.05, 0) is 48.0 Å². The Morgan fingerprint density at radius 2 is 2.12 bits per heavy atom. The average molecular weight is 287 g/mol. The molecular weight excluding hydrogens is 272 g/mol. The van der Waals surface area contributed by atoms with Crippen molar-refractivity contribution in [1.29, 1.82) is 0 Å². The number of rotatable bonds is 4. The molecule has 0 aliphatic rings. The first-order chi connectivity index (χ1) is 7.29. The van der Waals surface area contributed by atoms with E-state index in [0.717, 1.165) is 0 Å². The molecule has 1 amide bonds. The van der Waals surface area contributed by atoms with E-state index < -0.39 is 11.4 Å². The van der Waals surface area contributed by atoms with Crippen molar-refractivity contribution < 1.29 is 9.53 Å². The SMILES string of the molecule is CC(C)(N)COc1ccc(C(N)=O)cc1Br. The number of carbonyl (C=O) groups is 1. The summed E-state index contributed by atoms with van der Waals surface area (Å²) in [6, 6.07) is 4.93. The zero-order chi connectivity index (χ0) is 12.3. The Balaban J connectivity index is 2.80. The molecule has 0 radical (unpaired) electrons. The minimum atomic E-state index is -0.466. The van der Waals surface area contributed by atoms with Crippen LogP contribution in [0.1, 0.15) is 24.2 Å². The monoisotopic (exact) mass is 286 g/mol. The van der Waals surface area contributed by atoms with Crippen LogP contribution in [0.2, 0.25) is 0 Å². The first-order valence-electron chi connectivity index (χ1n) is 4.80. The summed E-state index contributed by atoms with van der Waals surface area (Å²) in [7, 11) is 0. The summed E-state index contributed by atoms with van der Waals surface area (Å²) in [6.07, 6.45) is 0. The van der Waals surface area contributed by atoms with Gasteiger partial charge in [-0.15, -0.1) is 0 Å². The van der Waals surface area contributed by atoms with Gasteiger partial charge in [0.1, 0.15) is 12.4 Å². The number of hydrogen-bond donors (Lipinski definition) is 2. The number of nitrogens with two attached hydrogens (primary N) is 2. The van der Waals surface area contributed by atoms with Crippen LogP contribution in [0.5, 0.6) is 5.75 Å². The Hall–Kier alpha value is -1.07. The molecule has 0 saturated heterocycles. The van der Waals surface area contributed by atoms with Gasteiger partial charge in [-0.3, -0.25) is 4.79 Å². The van der Waals surface area contributed by atoms with Gasteiger partial charge in [-0.1, -0.05) is 0 Å². The lowest BCUT2D eigenvalue weighted by Gasteiger charge is -2.19. The van der Waals surface area contributed by atoms with Crippen molar-refractivity contribution >= 4 is 21.8 Å². The molecule has 5 heteroatoms. The van der Waals surface area contributed by atoms with Gasteiger partial charge in [0.25, 0.3) is 0 Å². The second-order valence-corrected chi connectivity index (χ2v) is 5.14. The van der Waals surface area contributed by atoms with Gasteiger partial charge in [0, 0.05) is 11.1 Å². The highest BCUT2D eigenvalue weighted by molar-refractivity contribution is 9.10. The molecule has 0 bridgehead atoms. The molecule has 0 saturated carbocycles. The smallest absolute Gasteiger partial charge is 0.248 e. The summed E-state index contributed by atoms with van der Waals surface area (Å²) in [4.78, 5) is 10.9. The quantitative estimate of drug-likeness (QED) is 0.884. The van der Waals surface area contributed by atoms with Crippen molar-refractivity contribution in [3.63, 3.8) is 0 Å². The standard InChI is InChI=1S/C11H15BrN2O2/c1-11(2,14)6-16-9-4-3-7(10(13)15)5-8(9)12/h3-5H,6,14H2,1-2H3,(H2,13,15). The maximum absolute atomic E-state index is 10.9. The van der Waals surface area contributed by atoms with Crippen molar-refractivity contribution in [2.75, 3.05) is 6.61 Å². The van der Waals surface area contributed by atoms with Gasteiger partial charge >= 0.3 is 0 Å². The molecular formula is C11H15BrN2O2. The summed E-state index contributed by atoms with van der Waals surface area (Å²) < 4.78 is 6.20. The number of carbonyl (C=O) groups excluding carboxylic acids is 1. The Morgan fingerprint density at radius 3 is 2.56 bits per heavy atom. The fraction of sp³-hybridized carbons (Fsp3) is 0.364. The van der Waals surface area contributed by atoms with E-state index in [0.29, 0.717) is 22.4 Å². The predicted molar refractivity (Wildman–Crippen MR) is 66.4 cm³/mol. The Bertz CT molecular complexity index is 399. The molecule has 0 aromatic heterocycles. The number of primary amides is 1. The van der Waals surface area contributed by atoms with E-state index in [-0.39, 0.29) is 0 Å². The molecule has 1 rings (SSSR count). The van der Waals surface area contributed by atoms with Crippen molar-refractivity contribution in [1.82, 2.24) is 0 Å². The highest BCUT2D eigenvalue weighted by Gasteiger charge is 2.13. The molecule has 4 N–H and O–H groups in total. The minimum absolute atomic E-state index is 0.390. The first-order valence-corrected chi connectivity index (χ1v) is 5.60. The number of halogens is 1. The highest BCUT2D eigenvalue weighted by atomic mass is 79.9. The Morgan fingerprint density at radius 1 is 1.50 bits per heavy atom. The molecule has 88 valence electrons. The molecule has 1 aromatic rings. The van der Waals surface area contributed by atoms with Crippen LogP contribution in [0.4, 0.5) is 0 Å². The first kappa shape index (κ1) is 13.0. The van der Waals surface area contributed by atoms with E-state index in [1.54, 1.807) is 18.2 Å². The van der Waals surface area contributed by atoms with Crippen LogP contribution in [0.15, 0.2) is 22.7 Å². The summed E-state index contributed by atoms with van der Waals surface area (Å²) in [6.45, 7) is 4.14. The summed E-state index contributed by atoms with van der Waals surface area (Å²) in [5.41, 5.74) is 11.0. The van der Waals surface area contributed by atoms with Gasteiger partial charge in [-0.2, -0.15) is 0 Å². The lowest BCUT2D eigenvalue weighted by atomic mass is 10.1. The van der Waals surface area contributed by atoms with Gasteiger partial charge in [0.2, 0.25) is 5.91 Å². The lowest BCUT2D eigenvalue weighted by Crippen LogP contribution is -2.38. The van der Waals surface area contributed by atoms with Crippen molar-refractivity contribution in [2.24, 2.45) is 11.5 Å². The van der Waals surface area contributed by atoms with Crippen molar-refractivity contribution in [3.8, 4) is 5.75 Å². The minimum Gasteiger partial charge on any atom is -0.491 e. The normalized spacial score (nSPS) is 11.2. The van der Waals surface area contributed by atoms with E-state index in [1.165, 1.54) is 0 Å². The topological polar surface area (TPSA) is 78.3 Å². The second kappa shape index (κ2) is 4.84.